The van der Waals surface area contributed by atoms with Crippen molar-refractivity contribution in [2.75, 3.05) is 31.1 Å². The lowest BCUT2D eigenvalue weighted by Gasteiger charge is -2.26. The van der Waals surface area contributed by atoms with Crippen LogP contribution >= 0.6 is 0 Å². The Balaban J connectivity index is 2.04. The van der Waals surface area contributed by atoms with E-state index in [4.69, 9.17) is 10.00 Å². The summed E-state index contributed by atoms with van der Waals surface area (Å²) in [6.07, 6.45) is 3.58. The summed E-state index contributed by atoms with van der Waals surface area (Å²) in [5.74, 6) is 0.580. The molecular weight excluding hydrogens is 282 g/mol. The number of carbonyl (C=O) groups excluding carboxylic acids is 1. The van der Waals surface area contributed by atoms with Gasteiger partial charge in [0, 0.05) is 38.6 Å². The first-order valence-corrected chi connectivity index (χ1v) is 7.35. The van der Waals surface area contributed by atoms with E-state index in [1.807, 2.05) is 25.7 Å². The summed E-state index contributed by atoms with van der Waals surface area (Å²) < 4.78 is 5.41. The Morgan fingerprint density at radius 1 is 1.23 bits per heavy atom. The molecule has 118 valence electrons. The summed E-state index contributed by atoms with van der Waals surface area (Å²) in [4.78, 5) is 24.1. The van der Waals surface area contributed by atoms with E-state index in [2.05, 4.69) is 16.0 Å². The lowest BCUT2D eigenvalue weighted by atomic mass is 10.2. The van der Waals surface area contributed by atoms with Gasteiger partial charge in [0.25, 0.3) is 0 Å². The van der Waals surface area contributed by atoms with E-state index in [1.165, 1.54) is 6.20 Å². The number of carbonyl (C=O) groups is 1. The molecule has 1 aromatic heterocycles. The molecule has 0 atom stereocenters. The number of nitrogens with zero attached hydrogens (tertiary/aromatic N) is 5. The first-order valence-electron chi connectivity index (χ1n) is 7.35. The van der Waals surface area contributed by atoms with Crippen LogP contribution in [0, 0.1) is 11.3 Å². The number of ether oxygens (including phenoxy) is 1. The lowest BCUT2D eigenvalue weighted by molar-refractivity contribution is 0.0263. The van der Waals surface area contributed by atoms with E-state index in [9.17, 15) is 4.79 Å². The van der Waals surface area contributed by atoms with Gasteiger partial charge in [0.05, 0.1) is 0 Å². The predicted octanol–water partition coefficient (Wildman–Crippen LogP) is 1.80. The molecule has 1 aliphatic heterocycles. The Kier molecular flexibility index (Phi) is 4.81. The van der Waals surface area contributed by atoms with Crippen molar-refractivity contribution in [3.8, 4) is 6.07 Å². The Morgan fingerprint density at radius 2 is 1.95 bits per heavy atom. The molecule has 2 heterocycles. The molecule has 0 aromatic carbocycles. The highest BCUT2D eigenvalue weighted by Crippen LogP contribution is 2.17. The SMILES string of the molecule is CC(C)(C)OC(=O)N1CCCN(c2nccnc2C#N)CC1. The molecule has 7 heteroatoms. The topological polar surface area (TPSA) is 82.3 Å². The number of amides is 1. The minimum atomic E-state index is -0.498. The van der Waals surface area contributed by atoms with Crippen molar-refractivity contribution < 1.29 is 9.53 Å². The zero-order chi connectivity index (χ0) is 16.2. The second kappa shape index (κ2) is 6.60. The van der Waals surface area contributed by atoms with E-state index < -0.39 is 5.60 Å². The summed E-state index contributed by atoms with van der Waals surface area (Å²) >= 11 is 0. The van der Waals surface area contributed by atoms with E-state index in [1.54, 1.807) is 11.1 Å². The molecule has 0 bridgehead atoms. The van der Waals surface area contributed by atoms with Gasteiger partial charge in [0.1, 0.15) is 11.7 Å². The first-order chi connectivity index (χ1) is 10.4. The molecule has 22 heavy (non-hydrogen) atoms. The molecular formula is C15H21N5O2. The molecule has 0 aliphatic carbocycles. The van der Waals surface area contributed by atoms with Crippen molar-refractivity contribution in [1.29, 1.82) is 5.26 Å². The number of hydrogen-bond donors (Lipinski definition) is 0. The van der Waals surface area contributed by atoms with Crippen LogP contribution in [0.2, 0.25) is 0 Å². The van der Waals surface area contributed by atoms with Crippen LogP contribution < -0.4 is 4.90 Å². The molecule has 0 saturated carbocycles. The normalized spacial score (nSPS) is 15.9. The third kappa shape index (κ3) is 4.07. The third-order valence-electron chi connectivity index (χ3n) is 3.23. The maximum Gasteiger partial charge on any atom is 0.410 e. The molecule has 1 saturated heterocycles. The average molecular weight is 303 g/mol. The van der Waals surface area contributed by atoms with Crippen LogP contribution in [0.4, 0.5) is 10.6 Å². The van der Waals surface area contributed by atoms with E-state index in [0.29, 0.717) is 31.1 Å². The highest BCUT2D eigenvalue weighted by atomic mass is 16.6. The molecule has 1 amide bonds. The fraction of sp³-hybridized carbons (Fsp3) is 0.600. The summed E-state index contributed by atoms with van der Waals surface area (Å²) in [6.45, 7) is 8.07. The monoisotopic (exact) mass is 303 g/mol. The van der Waals surface area contributed by atoms with Gasteiger partial charge in [0.15, 0.2) is 11.5 Å². The van der Waals surface area contributed by atoms with Crippen molar-refractivity contribution in [1.82, 2.24) is 14.9 Å². The molecule has 0 spiro atoms. The number of nitriles is 1. The largest absolute Gasteiger partial charge is 0.444 e. The maximum atomic E-state index is 12.1. The van der Waals surface area contributed by atoms with Crippen molar-refractivity contribution in [2.45, 2.75) is 32.8 Å². The molecule has 1 aromatic rings. The second-order valence-corrected chi connectivity index (χ2v) is 6.15. The second-order valence-electron chi connectivity index (χ2n) is 6.15. The van der Waals surface area contributed by atoms with Crippen LogP contribution in [0.15, 0.2) is 12.4 Å². The molecule has 7 nitrogen and oxygen atoms in total. The average Bonchev–Trinajstić information content (AvgIpc) is 2.71. The van der Waals surface area contributed by atoms with E-state index >= 15 is 0 Å². The zero-order valence-electron chi connectivity index (χ0n) is 13.2. The summed E-state index contributed by atoms with van der Waals surface area (Å²) in [5.41, 5.74) is -0.185. The Bertz CT molecular complexity index is 576. The van der Waals surface area contributed by atoms with Gasteiger partial charge < -0.3 is 14.5 Å². The van der Waals surface area contributed by atoms with Crippen molar-refractivity contribution >= 4 is 11.9 Å². The molecule has 0 radical (unpaired) electrons. The molecule has 0 N–H and O–H groups in total. The van der Waals surface area contributed by atoms with Crippen LogP contribution in [0.3, 0.4) is 0 Å². The minimum absolute atomic E-state index is 0.297. The Morgan fingerprint density at radius 3 is 2.64 bits per heavy atom. The number of hydrogen-bond acceptors (Lipinski definition) is 6. The van der Waals surface area contributed by atoms with Crippen molar-refractivity contribution in [3.63, 3.8) is 0 Å². The maximum absolute atomic E-state index is 12.1. The summed E-state index contributed by atoms with van der Waals surface area (Å²) in [6, 6.07) is 2.06. The minimum Gasteiger partial charge on any atom is -0.444 e. The van der Waals surface area contributed by atoms with Gasteiger partial charge in [0.2, 0.25) is 0 Å². The highest BCUT2D eigenvalue weighted by Gasteiger charge is 2.25. The van der Waals surface area contributed by atoms with Crippen molar-refractivity contribution in [2.24, 2.45) is 0 Å². The standard InChI is InChI=1S/C15H21N5O2/c1-15(2,3)22-14(21)20-8-4-7-19(9-10-20)13-12(11-16)17-5-6-18-13/h5-6H,4,7-10H2,1-3H3. The fourth-order valence-electron chi connectivity index (χ4n) is 2.28. The van der Waals surface area contributed by atoms with Crippen LogP contribution in [0.5, 0.6) is 0 Å². The Labute approximate surface area is 130 Å². The Hall–Kier alpha value is -2.36. The number of aromatic nitrogens is 2. The lowest BCUT2D eigenvalue weighted by Crippen LogP contribution is -2.39. The predicted molar refractivity (Wildman–Crippen MR) is 81.4 cm³/mol. The first kappa shape index (κ1) is 16.0. The molecule has 0 unspecified atom stereocenters. The van der Waals surface area contributed by atoms with Crippen LogP contribution in [0.1, 0.15) is 32.9 Å². The third-order valence-corrected chi connectivity index (χ3v) is 3.23. The van der Waals surface area contributed by atoms with Crippen LogP contribution in [0.25, 0.3) is 0 Å². The van der Waals surface area contributed by atoms with Gasteiger partial charge >= 0.3 is 6.09 Å². The van der Waals surface area contributed by atoms with Crippen LogP contribution in [-0.4, -0.2) is 52.7 Å². The number of rotatable bonds is 1. The van der Waals surface area contributed by atoms with Gasteiger partial charge in [-0.2, -0.15) is 5.26 Å². The van der Waals surface area contributed by atoms with Crippen LogP contribution in [-0.2, 0) is 4.74 Å². The van der Waals surface area contributed by atoms with Gasteiger partial charge in [-0.1, -0.05) is 0 Å². The molecule has 1 aliphatic rings. The zero-order valence-corrected chi connectivity index (χ0v) is 13.2. The van der Waals surface area contributed by atoms with Crippen molar-refractivity contribution in [3.05, 3.63) is 18.1 Å². The van der Waals surface area contributed by atoms with Gasteiger partial charge in [-0.25, -0.2) is 14.8 Å². The van der Waals surface area contributed by atoms with E-state index in [-0.39, 0.29) is 6.09 Å². The fourth-order valence-corrected chi connectivity index (χ4v) is 2.28. The highest BCUT2D eigenvalue weighted by molar-refractivity contribution is 5.68. The summed E-state index contributed by atoms with van der Waals surface area (Å²) in [7, 11) is 0. The number of anilines is 1. The summed E-state index contributed by atoms with van der Waals surface area (Å²) in [5, 5.41) is 9.12. The smallest absolute Gasteiger partial charge is 0.410 e. The van der Waals surface area contributed by atoms with E-state index in [0.717, 1.165) is 13.0 Å². The molecule has 1 fully saturated rings. The molecule has 2 rings (SSSR count). The van der Waals surface area contributed by atoms with Gasteiger partial charge in [-0.3, -0.25) is 0 Å². The van der Waals surface area contributed by atoms with Gasteiger partial charge in [-0.05, 0) is 27.2 Å². The quantitative estimate of drug-likeness (QED) is 0.786. The van der Waals surface area contributed by atoms with Gasteiger partial charge in [-0.15, -0.1) is 0 Å².